The number of carbonyl (C=O) groups excluding carboxylic acids is 1. The summed E-state index contributed by atoms with van der Waals surface area (Å²) in [7, 11) is 1.83. The first-order valence-corrected chi connectivity index (χ1v) is 9.48. The Morgan fingerprint density at radius 2 is 2.28 bits per heavy atom. The molecule has 1 atom stereocenters. The third-order valence-corrected chi connectivity index (χ3v) is 6.04. The number of nitrogens with zero attached hydrogens (tertiary/aromatic N) is 4. The molecular weight excluding hydrogens is 340 g/mol. The van der Waals surface area contributed by atoms with Crippen LogP contribution in [0.2, 0.25) is 0 Å². The molecule has 0 radical (unpaired) electrons. The van der Waals surface area contributed by atoms with Crippen LogP contribution in [-0.4, -0.2) is 54.3 Å². The molecule has 3 heterocycles. The Morgan fingerprint density at radius 1 is 1.44 bits per heavy atom. The Balaban J connectivity index is 1.41. The van der Waals surface area contributed by atoms with E-state index in [0.717, 1.165) is 62.1 Å². The fourth-order valence-electron chi connectivity index (χ4n) is 3.42. The number of thiazole rings is 1. The highest BCUT2D eigenvalue weighted by Gasteiger charge is 2.30. The van der Waals surface area contributed by atoms with Crippen LogP contribution in [0.5, 0.6) is 0 Å². The normalized spacial score (nSPS) is 20.4. The number of hydrogen-bond donors (Lipinski definition) is 0. The largest absolute Gasteiger partial charge is 0.378 e. The smallest absolute Gasteiger partial charge is 0.226 e. The molecule has 1 fully saturated rings. The van der Waals surface area contributed by atoms with E-state index in [-0.39, 0.29) is 11.8 Å². The molecule has 7 nitrogen and oxygen atoms in total. The monoisotopic (exact) mass is 362 g/mol. The summed E-state index contributed by atoms with van der Waals surface area (Å²) >= 11 is 1.78. The van der Waals surface area contributed by atoms with Gasteiger partial charge in [-0.05, 0) is 12.8 Å². The van der Waals surface area contributed by atoms with Crippen molar-refractivity contribution in [3.05, 3.63) is 28.6 Å². The zero-order chi connectivity index (χ0) is 17.2. The summed E-state index contributed by atoms with van der Waals surface area (Å²) in [5.74, 6) is 0.165. The lowest BCUT2D eigenvalue weighted by atomic mass is 9.90. The van der Waals surface area contributed by atoms with Gasteiger partial charge in [0.2, 0.25) is 5.91 Å². The molecule has 2 aromatic rings. The lowest BCUT2D eigenvalue weighted by Crippen LogP contribution is -2.36. The van der Waals surface area contributed by atoms with E-state index in [4.69, 9.17) is 14.2 Å². The summed E-state index contributed by atoms with van der Waals surface area (Å²) in [6.07, 6.45) is 4.09. The minimum Gasteiger partial charge on any atom is -0.378 e. The molecule has 1 saturated heterocycles. The van der Waals surface area contributed by atoms with Crippen molar-refractivity contribution in [2.45, 2.75) is 25.8 Å². The van der Waals surface area contributed by atoms with Crippen LogP contribution in [-0.2, 0) is 28.9 Å². The van der Waals surface area contributed by atoms with Crippen molar-refractivity contribution < 1.29 is 14.1 Å². The molecule has 2 aromatic heterocycles. The van der Waals surface area contributed by atoms with E-state index in [0.29, 0.717) is 6.54 Å². The molecule has 0 spiro atoms. The second-order valence-electron chi connectivity index (χ2n) is 6.59. The number of aromatic nitrogens is 2. The minimum atomic E-state index is 0.00374. The standard InChI is InChI=1S/C17H22N4O3S/c1-20(11-13-4-7-24-19-13)16(22)12-2-3-15-14(10-12)18-17(25-15)21-5-8-23-9-6-21/h4,7,12H,2-3,5-6,8-11H2,1H3. The number of hydrogen-bond acceptors (Lipinski definition) is 7. The van der Waals surface area contributed by atoms with Gasteiger partial charge in [0.1, 0.15) is 12.0 Å². The first kappa shape index (κ1) is 16.5. The first-order valence-electron chi connectivity index (χ1n) is 8.66. The van der Waals surface area contributed by atoms with Gasteiger partial charge >= 0.3 is 0 Å². The van der Waals surface area contributed by atoms with Crippen LogP contribution in [0.3, 0.4) is 0 Å². The zero-order valence-electron chi connectivity index (χ0n) is 14.3. The molecule has 0 aromatic carbocycles. The minimum absolute atomic E-state index is 0.00374. The van der Waals surface area contributed by atoms with Gasteiger partial charge in [-0.2, -0.15) is 0 Å². The predicted octanol–water partition coefficient (Wildman–Crippen LogP) is 1.73. The lowest BCUT2D eigenvalue weighted by molar-refractivity contribution is -0.135. The van der Waals surface area contributed by atoms with Gasteiger partial charge in [0.15, 0.2) is 5.13 Å². The highest BCUT2D eigenvalue weighted by molar-refractivity contribution is 7.15. The summed E-state index contributed by atoms with van der Waals surface area (Å²) in [5.41, 5.74) is 1.88. The van der Waals surface area contributed by atoms with Crippen molar-refractivity contribution in [1.82, 2.24) is 15.0 Å². The van der Waals surface area contributed by atoms with E-state index in [1.165, 1.54) is 11.1 Å². The molecule has 8 heteroatoms. The fourth-order valence-corrected chi connectivity index (χ4v) is 4.57. The number of amides is 1. The van der Waals surface area contributed by atoms with Crippen LogP contribution in [0.15, 0.2) is 16.9 Å². The van der Waals surface area contributed by atoms with Crippen LogP contribution >= 0.6 is 11.3 Å². The van der Waals surface area contributed by atoms with Gasteiger partial charge < -0.3 is 19.1 Å². The van der Waals surface area contributed by atoms with Gasteiger partial charge in [-0.15, -0.1) is 11.3 Å². The topological polar surface area (TPSA) is 71.7 Å². The molecule has 1 unspecified atom stereocenters. The van der Waals surface area contributed by atoms with Crippen LogP contribution in [0.4, 0.5) is 5.13 Å². The summed E-state index contributed by atoms with van der Waals surface area (Å²) in [5, 5.41) is 4.96. The van der Waals surface area contributed by atoms with Crippen LogP contribution < -0.4 is 4.90 Å². The molecule has 2 aliphatic rings. The highest BCUT2D eigenvalue weighted by Crippen LogP contribution is 2.34. The third kappa shape index (κ3) is 3.55. The number of fused-ring (bicyclic) bond motifs is 1. The SMILES string of the molecule is CN(Cc1ccon1)C(=O)C1CCc2sc(N3CCOCC3)nc2C1. The quantitative estimate of drug-likeness (QED) is 0.825. The van der Waals surface area contributed by atoms with Crippen molar-refractivity contribution in [2.75, 3.05) is 38.3 Å². The summed E-state index contributed by atoms with van der Waals surface area (Å²) in [6, 6.07) is 1.79. The Kier molecular flexibility index (Phi) is 4.72. The van der Waals surface area contributed by atoms with Crippen molar-refractivity contribution in [1.29, 1.82) is 0 Å². The fraction of sp³-hybridized carbons (Fsp3) is 0.588. The van der Waals surface area contributed by atoms with Crippen molar-refractivity contribution in [3.63, 3.8) is 0 Å². The van der Waals surface area contributed by atoms with E-state index < -0.39 is 0 Å². The Labute approximate surface area is 150 Å². The maximum absolute atomic E-state index is 12.8. The average molecular weight is 362 g/mol. The second-order valence-corrected chi connectivity index (χ2v) is 7.65. The number of morpholine rings is 1. The summed E-state index contributed by atoms with van der Waals surface area (Å²) < 4.78 is 10.3. The van der Waals surface area contributed by atoms with Crippen molar-refractivity contribution >= 4 is 22.4 Å². The van der Waals surface area contributed by atoms with Gasteiger partial charge in [0, 0.05) is 43.4 Å². The van der Waals surface area contributed by atoms with Gasteiger partial charge in [-0.25, -0.2) is 4.98 Å². The van der Waals surface area contributed by atoms with Crippen molar-refractivity contribution in [3.8, 4) is 0 Å². The predicted molar refractivity (Wildman–Crippen MR) is 93.6 cm³/mol. The lowest BCUT2D eigenvalue weighted by Gasteiger charge is -2.26. The molecule has 1 amide bonds. The number of ether oxygens (including phenoxy) is 1. The van der Waals surface area contributed by atoms with Crippen LogP contribution in [0, 0.1) is 5.92 Å². The Morgan fingerprint density at radius 3 is 3.04 bits per heavy atom. The molecule has 25 heavy (non-hydrogen) atoms. The molecule has 4 rings (SSSR count). The van der Waals surface area contributed by atoms with Crippen molar-refractivity contribution in [2.24, 2.45) is 5.92 Å². The van der Waals surface area contributed by atoms with E-state index >= 15 is 0 Å². The summed E-state index contributed by atoms with van der Waals surface area (Å²) in [6.45, 7) is 3.80. The molecular formula is C17H22N4O3S. The van der Waals surface area contributed by atoms with E-state index in [1.54, 1.807) is 22.3 Å². The Hall–Kier alpha value is -1.93. The van der Waals surface area contributed by atoms with E-state index in [9.17, 15) is 4.79 Å². The molecule has 1 aliphatic heterocycles. The van der Waals surface area contributed by atoms with Gasteiger partial charge in [-0.1, -0.05) is 5.16 Å². The van der Waals surface area contributed by atoms with Gasteiger partial charge in [-0.3, -0.25) is 4.79 Å². The molecule has 0 saturated carbocycles. The summed E-state index contributed by atoms with van der Waals surface area (Å²) in [4.78, 5) is 23.0. The first-order chi connectivity index (χ1) is 12.2. The Bertz CT molecular complexity index is 724. The maximum atomic E-state index is 12.8. The molecule has 1 aliphatic carbocycles. The number of aryl methyl sites for hydroxylation is 1. The van der Waals surface area contributed by atoms with Gasteiger partial charge in [0.25, 0.3) is 0 Å². The molecule has 0 N–H and O–H groups in total. The maximum Gasteiger partial charge on any atom is 0.226 e. The van der Waals surface area contributed by atoms with E-state index in [2.05, 4.69) is 10.1 Å². The van der Waals surface area contributed by atoms with Gasteiger partial charge in [0.05, 0.1) is 25.5 Å². The third-order valence-electron chi connectivity index (χ3n) is 4.82. The number of rotatable bonds is 4. The number of carbonyl (C=O) groups is 1. The zero-order valence-corrected chi connectivity index (χ0v) is 15.1. The average Bonchev–Trinajstić information content (AvgIpc) is 3.30. The molecule has 0 bridgehead atoms. The number of anilines is 1. The molecule has 134 valence electrons. The van der Waals surface area contributed by atoms with E-state index in [1.807, 2.05) is 7.05 Å². The van der Waals surface area contributed by atoms with Crippen LogP contribution in [0.25, 0.3) is 0 Å². The second kappa shape index (κ2) is 7.13. The highest BCUT2D eigenvalue weighted by atomic mass is 32.1. The van der Waals surface area contributed by atoms with Crippen LogP contribution in [0.1, 0.15) is 22.7 Å².